The lowest BCUT2D eigenvalue weighted by Crippen LogP contribution is -2.58. The molecule has 18 heavy (non-hydrogen) atoms. The number of nitrogens with one attached hydrogen (secondary N) is 1. The van der Waals surface area contributed by atoms with Gasteiger partial charge in [-0.1, -0.05) is 32.6 Å². The molecule has 1 aliphatic heterocycles. The summed E-state index contributed by atoms with van der Waals surface area (Å²) in [6, 6.07) is 0. The van der Waals surface area contributed by atoms with Gasteiger partial charge in [-0.3, -0.25) is 5.32 Å². The van der Waals surface area contributed by atoms with Gasteiger partial charge in [0.25, 0.3) is 0 Å². The van der Waals surface area contributed by atoms with Crippen molar-refractivity contribution in [3.63, 3.8) is 0 Å². The Labute approximate surface area is 112 Å². The van der Waals surface area contributed by atoms with E-state index in [1.807, 2.05) is 0 Å². The Morgan fingerprint density at radius 1 is 1.06 bits per heavy atom. The first-order valence-electron chi connectivity index (χ1n) is 8.15. The van der Waals surface area contributed by atoms with Crippen LogP contribution in [0.5, 0.6) is 0 Å². The zero-order chi connectivity index (χ0) is 12.5. The number of hydrogen-bond donors (Lipinski definition) is 1. The standard InChI is InChI=1S/C16H29NO/c1-2-14-6-5-10-16(11-7-14)17-12-15(13-18-16)8-3-4-9-15/h14,17H,2-13H2,1H3. The average molecular weight is 251 g/mol. The quantitative estimate of drug-likeness (QED) is 0.764. The summed E-state index contributed by atoms with van der Waals surface area (Å²) in [6.45, 7) is 4.58. The molecule has 2 aliphatic carbocycles. The molecule has 0 aromatic rings. The molecule has 1 saturated heterocycles. The van der Waals surface area contributed by atoms with E-state index in [-0.39, 0.29) is 5.72 Å². The molecular weight excluding hydrogens is 222 g/mol. The smallest absolute Gasteiger partial charge is 0.119 e. The van der Waals surface area contributed by atoms with Crippen molar-refractivity contribution in [3.8, 4) is 0 Å². The second kappa shape index (κ2) is 5.13. The van der Waals surface area contributed by atoms with Gasteiger partial charge in [-0.05, 0) is 44.4 Å². The van der Waals surface area contributed by atoms with Crippen LogP contribution in [0.25, 0.3) is 0 Å². The Balaban J connectivity index is 1.60. The molecule has 3 fully saturated rings. The number of hydrogen-bond acceptors (Lipinski definition) is 2. The van der Waals surface area contributed by atoms with Crippen molar-refractivity contribution in [2.75, 3.05) is 13.2 Å². The summed E-state index contributed by atoms with van der Waals surface area (Å²) in [5.41, 5.74) is 0.555. The van der Waals surface area contributed by atoms with Crippen LogP contribution >= 0.6 is 0 Å². The van der Waals surface area contributed by atoms with E-state index in [0.717, 1.165) is 12.5 Å². The van der Waals surface area contributed by atoms with E-state index in [4.69, 9.17) is 4.74 Å². The van der Waals surface area contributed by atoms with E-state index in [1.54, 1.807) is 0 Å². The van der Waals surface area contributed by atoms with Crippen LogP contribution in [-0.4, -0.2) is 18.9 Å². The summed E-state index contributed by atoms with van der Waals surface area (Å²) in [6.07, 6.45) is 13.5. The van der Waals surface area contributed by atoms with E-state index in [9.17, 15) is 0 Å². The minimum Gasteiger partial charge on any atom is -0.360 e. The van der Waals surface area contributed by atoms with Gasteiger partial charge >= 0.3 is 0 Å². The highest BCUT2D eigenvalue weighted by atomic mass is 16.5. The molecule has 0 radical (unpaired) electrons. The van der Waals surface area contributed by atoms with E-state index in [0.29, 0.717) is 5.41 Å². The van der Waals surface area contributed by atoms with Crippen molar-refractivity contribution >= 4 is 0 Å². The molecule has 0 aromatic carbocycles. The van der Waals surface area contributed by atoms with Crippen molar-refractivity contribution in [2.24, 2.45) is 11.3 Å². The lowest BCUT2D eigenvalue weighted by molar-refractivity contribution is -0.151. The second-order valence-electron chi connectivity index (χ2n) is 7.05. The monoisotopic (exact) mass is 251 g/mol. The van der Waals surface area contributed by atoms with E-state index >= 15 is 0 Å². The van der Waals surface area contributed by atoms with Gasteiger partial charge in [0.1, 0.15) is 5.72 Å². The van der Waals surface area contributed by atoms with E-state index < -0.39 is 0 Å². The topological polar surface area (TPSA) is 21.3 Å². The molecule has 2 nitrogen and oxygen atoms in total. The lowest BCUT2D eigenvalue weighted by Gasteiger charge is -2.46. The predicted molar refractivity (Wildman–Crippen MR) is 74.5 cm³/mol. The first-order valence-corrected chi connectivity index (χ1v) is 8.15. The third-order valence-corrected chi connectivity index (χ3v) is 5.83. The van der Waals surface area contributed by atoms with Gasteiger partial charge < -0.3 is 4.74 Å². The summed E-state index contributed by atoms with van der Waals surface area (Å²) < 4.78 is 6.41. The van der Waals surface area contributed by atoms with Gasteiger partial charge in [0, 0.05) is 12.0 Å². The molecule has 1 heterocycles. The van der Waals surface area contributed by atoms with Gasteiger partial charge in [-0.15, -0.1) is 0 Å². The number of rotatable bonds is 1. The lowest BCUT2D eigenvalue weighted by atomic mass is 9.84. The van der Waals surface area contributed by atoms with Gasteiger partial charge in [-0.25, -0.2) is 0 Å². The van der Waals surface area contributed by atoms with Crippen molar-refractivity contribution in [3.05, 3.63) is 0 Å². The summed E-state index contributed by atoms with van der Waals surface area (Å²) >= 11 is 0. The average Bonchev–Trinajstić information content (AvgIpc) is 2.76. The van der Waals surface area contributed by atoms with E-state index in [1.165, 1.54) is 70.8 Å². The van der Waals surface area contributed by atoms with E-state index in [2.05, 4.69) is 12.2 Å². The Kier molecular flexibility index (Phi) is 3.68. The van der Waals surface area contributed by atoms with Crippen molar-refractivity contribution in [2.45, 2.75) is 76.9 Å². The first-order chi connectivity index (χ1) is 8.76. The van der Waals surface area contributed by atoms with Gasteiger partial charge in [0.2, 0.25) is 0 Å². The van der Waals surface area contributed by atoms with Crippen molar-refractivity contribution in [1.82, 2.24) is 5.32 Å². The fourth-order valence-electron chi connectivity index (χ4n) is 4.30. The molecule has 2 saturated carbocycles. The second-order valence-corrected chi connectivity index (χ2v) is 7.05. The van der Waals surface area contributed by atoms with Crippen LogP contribution in [0.15, 0.2) is 0 Å². The molecule has 0 aromatic heterocycles. The van der Waals surface area contributed by atoms with Crippen molar-refractivity contribution < 1.29 is 4.74 Å². The highest BCUT2D eigenvalue weighted by molar-refractivity contribution is 4.95. The maximum absolute atomic E-state index is 6.41. The molecule has 2 atom stereocenters. The summed E-state index contributed by atoms with van der Waals surface area (Å²) in [4.78, 5) is 0. The molecule has 0 amide bonds. The number of ether oxygens (including phenoxy) is 1. The highest BCUT2D eigenvalue weighted by Crippen LogP contribution is 2.44. The third kappa shape index (κ3) is 2.46. The summed E-state index contributed by atoms with van der Waals surface area (Å²) in [5.74, 6) is 0.942. The normalized spacial score (nSPS) is 40.2. The van der Waals surface area contributed by atoms with Crippen LogP contribution in [0.3, 0.4) is 0 Å². The molecule has 2 spiro atoms. The predicted octanol–water partition coefficient (Wildman–Crippen LogP) is 3.85. The van der Waals surface area contributed by atoms with Crippen LogP contribution in [-0.2, 0) is 4.74 Å². The fourth-order valence-corrected chi connectivity index (χ4v) is 4.30. The van der Waals surface area contributed by atoms with Crippen LogP contribution in [0.1, 0.15) is 71.1 Å². The zero-order valence-corrected chi connectivity index (χ0v) is 12.0. The Morgan fingerprint density at radius 2 is 1.89 bits per heavy atom. The van der Waals surface area contributed by atoms with Gasteiger partial charge in [0.05, 0.1) is 6.61 Å². The van der Waals surface area contributed by atoms with Crippen LogP contribution in [0.4, 0.5) is 0 Å². The molecule has 3 rings (SSSR count). The van der Waals surface area contributed by atoms with Crippen LogP contribution in [0.2, 0.25) is 0 Å². The van der Waals surface area contributed by atoms with Gasteiger partial charge in [-0.2, -0.15) is 0 Å². The Hall–Kier alpha value is -0.0800. The molecule has 0 bridgehead atoms. The molecule has 104 valence electrons. The Bertz CT molecular complexity index is 273. The maximum atomic E-state index is 6.41. The molecular formula is C16H29NO. The molecule has 3 aliphatic rings. The zero-order valence-electron chi connectivity index (χ0n) is 12.0. The minimum atomic E-state index is 0.0533. The third-order valence-electron chi connectivity index (χ3n) is 5.83. The van der Waals surface area contributed by atoms with Crippen LogP contribution in [0, 0.1) is 11.3 Å². The summed E-state index contributed by atoms with van der Waals surface area (Å²) in [5, 5.41) is 3.83. The first kappa shape index (κ1) is 12.9. The van der Waals surface area contributed by atoms with Gasteiger partial charge in [0.15, 0.2) is 0 Å². The molecule has 2 heteroatoms. The minimum absolute atomic E-state index is 0.0533. The van der Waals surface area contributed by atoms with Crippen LogP contribution < -0.4 is 5.32 Å². The fraction of sp³-hybridized carbons (Fsp3) is 1.00. The SMILES string of the molecule is CCC1CCCC2(CC1)NCC1(CCCC1)CO2. The highest BCUT2D eigenvalue weighted by Gasteiger charge is 2.44. The molecule has 2 unspecified atom stereocenters. The Morgan fingerprint density at radius 3 is 2.56 bits per heavy atom. The molecule has 1 N–H and O–H groups in total. The maximum Gasteiger partial charge on any atom is 0.119 e. The summed E-state index contributed by atoms with van der Waals surface area (Å²) in [7, 11) is 0. The largest absolute Gasteiger partial charge is 0.360 e. The van der Waals surface area contributed by atoms with Crippen molar-refractivity contribution in [1.29, 1.82) is 0 Å².